The van der Waals surface area contributed by atoms with Crippen LogP contribution in [0.5, 0.6) is 0 Å². The maximum absolute atomic E-state index is 13.6. The second kappa shape index (κ2) is 5.75. The van der Waals surface area contributed by atoms with Crippen molar-refractivity contribution in [2.24, 2.45) is 5.73 Å². The highest BCUT2D eigenvalue weighted by atomic mass is 79.9. The van der Waals surface area contributed by atoms with E-state index in [1.54, 1.807) is 6.07 Å². The molecule has 0 aliphatic carbocycles. The van der Waals surface area contributed by atoms with E-state index < -0.39 is 23.5 Å². The van der Waals surface area contributed by atoms with E-state index in [4.69, 9.17) is 5.73 Å². The molecule has 2 N–H and O–H groups in total. The number of rotatable bonds is 3. The zero-order chi connectivity index (χ0) is 14.0. The molecule has 5 heteroatoms. The van der Waals surface area contributed by atoms with Crippen LogP contribution in [0.25, 0.3) is 0 Å². The lowest BCUT2D eigenvalue weighted by molar-refractivity contribution is 0.487. The van der Waals surface area contributed by atoms with Gasteiger partial charge in [-0.2, -0.15) is 0 Å². The molecule has 0 radical (unpaired) electrons. The van der Waals surface area contributed by atoms with Gasteiger partial charge >= 0.3 is 0 Å². The van der Waals surface area contributed by atoms with Gasteiger partial charge < -0.3 is 5.73 Å². The molecule has 0 bridgehead atoms. The first-order valence-corrected chi connectivity index (χ1v) is 6.41. The molecule has 0 fully saturated rings. The van der Waals surface area contributed by atoms with Gasteiger partial charge in [-0.15, -0.1) is 0 Å². The molecule has 0 aromatic heterocycles. The van der Waals surface area contributed by atoms with Crippen molar-refractivity contribution in [3.8, 4) is 0 Å². The molecular formula is C14H11BrF3N. The van der Waals surface area contributed by atoms with Crippen molar-refractivity contribution in [3.05, 3.63) is 69.4 Å². The molecular weight excluding hydrogens is 319 g/mol. The van der Waals surface area contributed by atoms with E-state index in [-0.39, 0.29) is 12.0 Å². The Morgan fingerprint density at radius 3 is 2.53 bits per heavy atom. The summed E-state index contributed by atoms with van der Waals surface area (Å²) in [5.74, 6) is -2.30. The van der Waals surface area contributed by atoms with E-state index in [0.717, 1.165) is 6.07 Å². The van der Waals surface area contributed by atoms with Crippen molar-refractivity contribution >= 4 is 15.9 Å². The Balaban J connectivity index is 2.25. The highest BCUT2D eigenvalue weighted by molar-refractivity contribution is 9.10. The number of halogens is 4. The van der Waals surface area contributed by atoms with Gasteiger partial charge in [-0.1, -0.05) is 28.1 Å². The molecule has 0 spiro atoms. The van der Waals surface area contributed by atoms with Gasteiger partial charge in [0.2, 0.25) is 0 Å². The largest absolute Gasteiger partial charge is 0.324 e. The quantitative estimate of drug-likeness (QED) is 0.901. The van der Waals surface area contributed by atoms with Crippen molar-refractivity contribution in [2.45, 2.75) is 12.5 Å². The van der Waals surface area contributed by atoms with Crippen LogP contribution in [0.1, 0.15) is 17.2 Å². The Morgan fingerprint density at radius 2 is 1.84 bits per heavy atom. The Kier molecular flexibility index (Phi) is 4.27. The lowest BCUT2D eigenvalue weighted by Gasteiger charge is -2.13. The molecule has 0 amide bonds. The molecule has 2 aromatic carbocycles. The topological polar surface area (TPSA) is 26.0 Å². The van der Waals surface area contributed by atoms with Crippen molar-refractivity contribution in [1.82, 2.24) is 0 Å². The van der Waals surface area contributed by atoms with Gasteiger partial charge in [-0.25, -0.2) is 13.2 Å². The molecule has 2 aromatic rings. The van der Waals surface area contributed by atoms with Gasteiger partial charge in [0.15, 0.2) is 11.6 Å². The summed E-state index contributed by atoms with van der Waals surface area (Å²) >= 11 is 3.17. The summed E-state index contributed by atoms with van der Waals surface area (Å²) < 4.78 is 40.5. The minimum atomic E-state index is -0.953. The van der Waals surface area contributed by atoms with Crippen molar-refractivity contribution in [2.75, 3.05) is 0 Å². The van der Waals surface area contributed by atoms with Crippen LogP contribution >= 0.6 is 15.9 Å². The highest BCUT2D eigenvalue weighted by Gasteiger charge is 2.15. The minimum absolute atomic E-state index is 0.0837. The van der Waals surface area contributed by atoms with Gasteiger partial charge in [-0.3, -0.25) is 0 Å². The van der Waals surface area contributed by atoms with Crippen LogP contribution < -0.4 is 5.73 Å². The SMILES string of the molecule is NC(Cc1cc(F)cc(Br)c1)c1cccc(F)c1F. The van der Waals surface area contributed by atoms with Crippen LogP contribution in [-0.4, -0.2) is 0 Å². The maximum atomic E-state index is 13.6. The van der Waals surface area contributed by atoms with Gasteiger partial charge in [-0.05, 0) is 36.2 Å². The van der Waals surface area contributed by atoms with Crippen molar-refractivity contribution < 1.29 is 13.2 Å². The third kappa shape index (κ3) is 3.36. The molecule has 0 aliphatic rings. The average molecular weight is 330 g/mol. The van der Waals surface area contributed by atoms with Crippen LogP contribution in [0, 0.1) is 17.5 Å². The number of benzene rings is 2. The second-order valence-electron chi connectivity index (χ2n) is 4.23. The Morgan fingerprint density at radius 1 is 1.11 bits per heavy atom. The molecule has 100 valence electrons. The first-order valence-electron chi connectivity index (χ1n) is 5.62. The predicted molar refractivity (Wildman–Crippen MR) is 71.1 cm³/mol. The Bertz CT molecular complexity index is 581. The molecule has 19 heavy (non-hydrogen) atoms. The fraction of sp³-hybridized carbons (Fsp3) is 0.143. The normalized spacial score (nSPS) is 12.5. The summed E-state index contributed by atoms with van der Waals surface area (Å²) in [4.78, 5) is 0. The van der Waals surface area contributed by atoms with Gasteiger partial charge in [0.25, 0.3) is 0 Å². The fourth-order valence-electron chi connectivity index (χ4n) is 1.90. The third-order valence-electron chi connectivity index (χ3n) is 2.76. The van der Waals surface area contributed by atoms with E-state index in [1.807, 2.05) is 0 Å². The van der Waals surface area contributed by atoms with Crippen molar-refractivity contribution in [1.29, 1.82) is 0 Å². The molecule has 2 rings (SSSR count). The smallest absolute Gasteiger partial charge is 0.163 e. The number of hydrogen-bond donors (Lipinski definition) is 1. The summed E-state index contributed by atoms with van der Waals surface area (Å²) in [5, 5.41) is 0. The molecule has 0 saturated carbocycles. The second-order valence-corrected chi connectivity index (χ2v) is 5.15. The summed E-state index contributed by atoms with van der Waals surface area (Å²) in [5.41, 5.74) is 6.55. The van der Waals surface area contributed by atoms with E-state index in [1.165, 1.54) is 24.3 Å². The van der Waals surface area contributed by atoms with Crippen LogP contribution in [0.4, 0.5) is 13.2 Å². The minimum Gasteiger partial charge on any atom is -0.324 e. The standard InChI is InChI=1S/C14H11BrF3N/c15-9-4-8(5-10(16)7-9)6-13(19)11-2-1-3-12(17)14(11)18/h1-5,7,13H,6,19H2. The summed E-state index contributed by atoms with van der Waals surface area (Å²) in [6.45, 7) is 0. The van der Waals surface area contributed by atoms with Crippen molar-refractivity contribution in [3.63, 3.8) is 0 Å². The van der Waals surface area contributed by atoms with Gasteiger partial charge in [0, 0.05) is 16.1 Å². The molecule has 0 saturated heterocycles. The molecule has 0 aliphatic heterocycles. The first kappa shape index (κ1) is 14.1. The zero-order valence-electron chi connectivity index (χ0n) is 9.84. The summed E-state index contributed by atoms with van der Waals surface area (Å²) in [6.07, 6.45) is 0.219. The van der Waals surface area contributed by atoms with Crippen LogP contribution in [0.3, 0.4) is 0 Å². The molecule has 1 nitrogen and oxygen atoms in total. The van der Waals surface area contributed by atoms with Crippen LogP contribution in [0.15, 0.2) is 40.9 Å². The van der Waals surface area contributed by atoms with Crippen LogP contribution in [0.2, 0.25) is 0 Å². The summed E-state index contributed by atoms with van der Waals surface area (Å²) in [7, 11) is 0. The van der Waals surface area contributed by atoms with Crippen LogP contribution in [-0.2, 0) is 6.42 Å². The van der Waals surface area contributed by atoms with E-state index in [2.05, 4.69) is 15.9 Å². The molecule has 1 unspecified atom stereocenters. The third-order valence-corrected chi connectivity index (χ3v) is 3.22. The van der Waals surface area contributed by atoms with E-state index in [9.17, 15) is 13.2 Å². The highest BCUT2D eigenvalue weighted by Crippen LogP contribution is 2.23. The first-order chi connectivity index (χ1) is 8.97. The van der Waals surface area contributed by atoms with Gasteiger partial charge in [0.05, 0.1) is 0 Å². The zero-order valence-corrected chi connectivity index (χ0v) is 11.4. The molecule has 1 atom stereocenters. The molecule has 0 heterocycles. The fourth-order valence-corrected chi connectivity index (χ4v) is 2.41. The van der Waals surface area contributed by atoms with Gasteiger partial charge in [0.1, 0.15) is 5.82 Å². The predicted octanol–water partition coefficient (Wildman–Crippen LogP) is 4.11. The lowest BCUT2D eigenvalue weighted by Crippen LogP contribution is -2.15. The van der Waals surface area contributed by atoms with E-state index in [0.29, 0.717) is 10.0 Å². The maximum Gasteiger partial charge on any atom is 0.163 e. The monoisotopic (exact) mass is 329 g/mol. The summed E-state index contributed by atoms with van der Waals surface area (Å²) in [6, 6.07) is 7.46. The van der Waals surface area contributed by atoms with E-state index >= 15 is 0 Å². The average Bonchev–Trinajstić information content (AvgIpc) is 2.31. The Hall–Kier alpha value is -1.33. The number of hydrogen-bond acceptors (Lipinski definition) is 1. The Labute approximate surface area is 117 Å². The lowest BCUT2D eigenvalue weighted by atomic mass is 9.99. The number of nitrogens with two attached hydrogens (primary N) is 1.